The van der Waals surface area contributed by atoms with Crippen molar-refractivity contribution in [1.29, 1.82) is 0 Å². The lowest BCUT2D eigenvalue weighted by atomic mass is 9.63. The van der Waals surface area contributed by atoms with Gasteiger partial charge in [0.25, 0.3) is 11.4 Å². The smallest absolute Gasteiger partial charge is 0.457 e. The van der Waals surface area contributed by atoms with Gasteiger partial charge in [-0.1, -0.05) is 172 Å². The summed E-state index contributed by atoms with van der Waals surface area (Å²) in [6, 6.07) is 63.3. The molecule has 0 N–H and O–H groups in total. The van der Waals surface area contributed by atoms with Crippen molar-refractivity contribution in [2.75, 3.05) is 0 Å². The summed E-state index contributed by atoms with van der Waals surface area (Å²) < 4.78 is 64.8. The molecule has 12 rings (SSSR count). The molecular formula is C72H70N4O+2. The molecule has 1 aliphatic carbocycles. The molecule has 8 aromatic carbocycles. The number of hydrogen-bond acceptors (Lipinski definition) is 2. The summed E-state index contributed by atoms with van der Waals surface area (Å²) in [4.78, 5) is 5.05. The van der Waals surface area contributed by atoms with E-state index in [9.17, 15) is 0 Å². The number of para-hydroxylation sites is 3. The van der Waals surface area contributed by atoms with E-state index in [1.807, 2.05) is 47.0 Å². The topological polar surface area (TPSA) is 33.1 Å². The van der Waals surface area contributed by atoms with Crippen LogP contribution in [0.15, 0.2) is 182 Å². The van der Waals surface area contributed by atoms with Gasteiger partial charge >= 0.3 is 6.01 Å². The Kier molecular flexibility index (Phi) is 10.2. The summed E-state index contributed by atoms with van der Waals surface area (Å²) in [6.07, 6.45) is 3.77. The number of rotatable bonds is 8. The van der Waals surface area contributed by atoms with Gasteiger partial charge in [0.15, 0.2) is 0 Å². The summed E-state index contributed by atoms with van der Waals surface area (Å²) in [5, 5.41) is 1.46. The van der Waals surface area contributed by atoms with E-state index in [2.05, 4.69) is 194 Å². The van der Waals surface area contributed by atoms with Crippen LogP contribution < -0.4 is 13.9 Å². The van der Waals surface area contributed by atoms with E-state index >= 15 is 0 Å². The molecule has 3 heterocycles. The first-order chi connectivity index (χ1) is 39.1. The minimum absolute atomic E-state index is 0.00217. The first-order valence-electron chi connectivity index (χ1n) is 30.0. The summed E-state index contributed by atoms with van der Waals surface area (Å²) in [5.74, 6) is 1.48. The van der Waals surface area contributed by atoms with Gasteiger partial charge in [-0.15, -0.1) is 0 Å². The van der Waals surface area contributed by atoms with Gasteiger partial charge in [0.1, 0.15) is 17.3 Å². The number of pyridine rings is 1. The van der Waals surface area contributed by atoms with Gasteiger partial charge < -0.3 is 4.74 Å². The van der Waals surface area contributed by atoms with Crippen molar-refractivity contribution in [3.63, 3.8) is 0 Å². The van der Waals surface area contributed by atoms with Gasteiger partial charge in [0.2, 0.25) is 11.4 Å². The maximum Gasteiger partial charge on any atom is 0.503 e. The molecule has 2 aromatic heterocycles. The average Bonchev–Trinajstić information content (AvgIpc) is 3.95. The van der Waals surface area contributed by atoms with Gasteiger partial charge in [0.05, 0.1) is 28.2 Å². The third-order valence-corrected chi connectivity index (χ3v) is 16.2. The second kappa shape index (κ2) is 18.3. The van der Waals surface area contributed by atoms with Crippen LogP contribution in [0.5, 0.6) is 11.5 Å². The maximum atomic E-state index is 8.92. The van der Waals surface area contributed by atoms with Gasteiger partial charge in [-0.3, -0.25) is 4.57 Å². The molecule has 5 heteroatoms. The fourth-order valence-electron chi connectivity index (χ4n) is 11.6. The Morgan fingerprint density at radius 1 is 0.532 bits per heavy atom. The van der Waals surface area contributed by atoms with Crippen molar-refractivity contribution in [3.8, 4) is 50.7 Å². The molecule has 382 valence electrons. The molecule has 2 aliphatic rings. The first kappa shape index (κ1) is 43.0. The molecule has 0 bridgehead atoms. The van der Waals surface area contributed by atoms with Crippen molar-refractivity contribution in [1.82, 2.24) is 18.7 Å². The fourth-order valence-corrected chi connectivity index (χ4v) is 11.6. The SMILES string of the molecule is [2H]C([2H])([2H])c1ccc2c(c1)c1ccc(Oc3cccc([N+]4=C=[N+](c5c(-c6ccccc6)cccc5-c5cc(C(C)(C)C)cc(C(C)(C)C)c5)c5ccccc54)c3)cc1n2-c1cc(C([2H])([2H])[2H])c(-c2ccc3c(c2)C(C)(C)CCC3(C)C)cn1. The van der Waals surface area contributed by atoms with Crippen molar-refractivity contribution in [2.45, 2.75) is 117 Å². The van der Waals surface area contributed by atoms with Gasteiger partial charge in [0, 0.05) is 55.0 Å². The molecule has 5 nitrogen and oxygen atoms in total. The number of aryl methyl sites for hydroxylation is 2. The summed E-state index contributed by atoms with van der Waals surface area (Å²) >= 11 is 0. The Morgan fingerprint density at radius 3 is 1.92 bits per heavy atom. The molecule has 0 saturated heterocycles. The average molecular weight is 1010 g/mol. The lowest BCUT2D eigenvalue weighted by Crippen LogP contribution is -2.33. The molecule has 0 amide bonds. The second-order valence-electron chi connectivity index (χ2n) is 24.6. The van der Waals surface area contributed by atoms with E-state index in [4.69, 9.17) is 17.9 Å². The van der Waals surface area contributed by atoms with Crippen LogP contribution in [-0.2, 0) is 21.7 Å². The highest BCUT2D eigenvalue weighted by Crippen LogP contribution is 2.49. The predicted octanol–water partition coefficient (Wildman–Crippen LogP) is 19.4. The predicted molar refractivity (Wildman–Crippen MR) is 324 cm³/mol. The molecule has 0 fully saturated rings. The molecule has 10 aromatic rings. The molecule has 77 heavy (non-hydrogen) atoms. The Balaban J connectivity index is 0.988. The summed E-state index contributed by atoms with van der Waals surface area (Å²) in [5.41, 5.74) is 16.1. The van der Waals surface area contributed by atoms with Crippen LogP contribution in [0.25, 0.3) is 61.0 Å². The lowest BCUT2D eigenvalue weighted by molar-refractivity contribution is 0.332. The zero-order valence-corrected chi connectivity index (χ0v) is 45.9. The van der Waals surface area contributed by atoms with Crippen LogP contribution in [-0.4, -0.2) is 15.6 Å². The maximum absolute atomic E-state index is 8.92. The van der Waals surface area contributed by atoms with Crippen LogP contribution >= 0.6 is 0 Å². The summed E-state index contributed by atoms with van der Waals surface area (Å²) in [6.45, 7) is 17.9. The standard InChI is InChI=1S/C72H70N4O/c1-46-28-33-63-59(36-46)58-31-30-55(43-66(58)76(63)67-37-47(2)60(44-73-67)49-29-32-61-62(40-49)72(11,12)35-34-71(61,9)10)77-54-23-18-22-53(42-54)74-45-75(65-27-17-16-26-64(65)74)68-56(48-20-14-13-15-21-48)24-19-25-57(68)50-38-51(69(3,4)5)41-52(39-50)70(6,7)8/h13-33,36-44H,34-35H2,1-12H3/q+2/i1D3,2D3. The highest BCUT2D eigenvalue weighted by Gasteiger charge is 2.40. The van der Waals surface area contributed by atoms with E-state index in [0.717, 1.165) is 68.8 Å². The van der Waals surface area contributed by atoms with Crippen LogP contribution in [0.1, 0.15) is 124 Å². The molecular weight excluding hydrogens is 937 g/mol. The molecule has 0 spiro atoms. The molecule has 0 saturated carbocycles. The molecule has 0 radical (unpaired) electrons. The van der Waals surface area contributed by atoms with E-state index < -0.39 is 13.7 Å². The number of aromatic nitrogens is 2. The van der Waals surface area contributed by atoms with Crippen LogP contribution in [0.3, 0.4) is 0 Å². The number of fused-ring (bicyclic) bond motifs is 5. The Hall–Kier alpha value is -8.11. The highest BCUT2D eigenvalue weighted by atomic mass is 16.5. The van der Waals surface area contributed by atoms with E-state index in [0.29, 0.717) is 39.3 Å². The van der Waals surface area contributed by atoms with Crippen molar-refractivity contribution >= 4 is 50.6 Å². The fraction of sp³-hybridized carbons (Fsp3) is 0.250. The third-order valence-electron chi connectivity index (χ3n) is 16.2. The largest absolute Gasteiger partial charge is 0.503 e. The molecule has 0 unspecified atom stereocenters. The molecule has 0 atom stereocenters. The van der Waals surface area contributed by atoms with Crippen molar-refractivity contribution < 1.29 is 13.0 Å². The lowest BCUT2D eigenvalue weighted by Gasteiger charge is -2.42. The van der Waals surface area contributed by atoms with Gasteiger partial charge in [-0.05, 0) is 150 Å². The quantitative estimate of drug-likeness (QED) is 0.142. The molecule has 1 aliphatic heterocycles. The van der Waals surface area contributed by atoms with Crippen molar-refractivity contribution in [3.05, 3.63) is 216 Å². The Bertz CT molecular complexity index is 4300. The van der Waals surface area contributed by atoms with E-state index in [-0.39, 0.29) is 32.8 Å². The Labute approximate surface area is 464 Å². The number of nitrogens with zero attached hydrogens (tertiary/aromatic N) is 4. The van der Waals surface area contributed by atoms with Crippen LogP contribution in [0.2, 0.25) is 0 Å². The second-order valence-corrected chi connectivity index (χ2v) is 24.6. The number of benzene rings is 8. The summed E-state index contributed by atoms with van der Waals surface area (Å²) in [7, 11) is 0. The van der Waals surface area contributed by atoms with E-state index in [1.54, 1.807) is 30.5 Å². The number of hydrogen-bond donors (Lipinski definition) is 0. The minimum Gasteiger partial charge on any atom is -0.457 e. The minimum atomic E-state index is -2.49. The normalized spacial score (nSPS) is 16.3. The third kappa shape index (κ3) is 8.91. The van der Waals surface area contributed by atoms with Crippen molar-refractivity contribution in [2.24, 2.45) is 0 Å². The van der Waals surface area contributed by atoms with Gasteiger partial charge in [-0.25, -0.2) is 4.98 Å². The zero-order chi connectivity index (χ0) is 58.8. The Morgan fingerprint density at radius 2 is 1.21 bits per heavy atom. The highest BCUT2D eigenvalue weighted by molar-refractivity contribution is 6.10. The first-order valence-corrected chi connectivity index (χ1v) is 27.0. The monoisotopic (exact) mass is 1010 g/mol. The van der Waals surface area contributed by atoms with Crippen LogP contribution in [0.4, 0.5) is 22.7 Å². The van der Waals surface area contributed by atoms with E-state index in [1.165, 1.54) is 22.3 Å². The van der Waals surface area contributed by atoms with Gasteiger partial charge in [-0.2, -0.15) is 0 Å². The zero-order valence-electron chi connectivity index (χ0n) is 51.9. The number of ether oxygens (including phenoxy) is 1. The van der Waals surface area contributed by atoms with Crippen LogP contribution in [0, 0.1) is 13.7 Å².